The first-order valence-electron chi connectivity index (χ1n) is 9.58. The van der Waals surface area contributed by atoms with Crippen LogP contribution in [0, 0.1) is 11.3 Å². The summed E-state index contributed by atoms with van der Waals surface area (Å²) in [5.41, 5.74) is 1.63. The van der Waals surface area contributed by atoms with Gasteiger partial charge in [-0.15, -0.1) is 0 Å². The van der Waals surface area contributed by atoms with Crippen LogP contribution >= 0.6 is 0 Å². The van der Waals surface area contributed by atoms with Gasteiger partial charge in [-0.2, -0.15) is 0 Å². The summed E-state index contributed by atoms with van der Waals surface area (Å²) in [6.07, 6.45) is 6.44. The standard InChI is InChI=1S/C20H28N4O2/c1-4-23-11-20(18(23)13(2)3)8-16(17(25)9-20)22-19(26)14-5-6-24-12-21-10-15(24)7-14/h5-7,10,12-13,16-18,25H,4,8-9,11H2,1-3H3,(H,22,26)/t16-,17-,18?,20?/m1/s1. The number of nitrogens with zero attached hydrogens (tertiary/aromatic N) is 3. The van der Waals surface area contributed by atoms with Gasteiger partial charge in [-0.25, -0.2) is 4.98 Å². The number of carbonyl (C=O) groups is 1. The molecule has 2 aliphatic rings. The van der Waals surface area contributed by atoms with Gasteiger partial charge in [0.15, 0.2) is 0 Å². The molecule has 6 heteroatoms. The average Bonchev–Trinajstić information content (AvgIpc) is 3.17. The highest BCUT2D eigenvalue weighted by atomic mass is 16.3. The van der Waals surface area contributed by atoms with Crippen LogP contribution in [0.1, 0.15) is 44.0 Å². The molecule has 2 aromatic heterocycles. The van der Waals surface area contributed by atoms with E-state index in [9.17, 15) is 9.90 Å². The SMILES string of the molecule is CCN1CC2(C[C@@H](O)[C@H](NC(=O)c3ccn4cncc4c3)C2)C1C(C)C. The van der Waals surface area contributed by atoms with Gasteiger partial charge in [-0.3, -0.25) is 9.69 Å². The maximum absolute atomic E-state index is 12.7. The van der Waals surface area contributed by atoms with Gasteiger partial charge in [-0.1, -0.05) is 20.8 Å². The summed E-state index contributed by atoms with van der Waals surface area (Å²) in [5.74, 6) is 0.428. The summed E-state index contributed by atoms with van der Waals surface area (Å²) < 4.78 is 1.87. The first-order chi connectivity index (χ1) is 12.4. The molecule has 2 unspecified atom stereocenters. The normalized spacial score (nSPS) is 31.7. The van der Waals surface area contributed by atoms with Crippen molar-refractivity contribution in [3.05, 3.63) is 36.4 Å². The molecule has 1 amide bonds. The Morgan fingerprint density at radius 1 is 1.46 bits per heavy atom. The van der Waals surface area contributed by atoms with Crippen molar-refractivity contribution in [1.82, 2.24) is 19.6 Å². The Morgan fingerprint density at radius 3 is 3.00 bits per heavy atom. The number of hydrogen-bond donors (Lipinski definition) is 2. The molecule has 0 aromatic carbocycles. The van der Waals surface area contributed by atoms with Crippen molar-refractivity contribution in [2.24, 2.45) is 11.3 Å². The third-order valence-corrected chi connectivity index (χ3v) is 6.28. The molecule has 1 aliphatic heterocycles. The second-order valence-electron chi connectivity index (χ2n) is 8.31. The minimum Gasteiger partial charge on any atom is -0.391 e. The monoisotopic (exact) mass is 356 g/mol. The van der Waals surface area contributed by atoms with Gasteiger partial charge < -0.3 is 14.8 Å². The van der Waals surface area contributed by atoms with Gasteiger partial charge in [0, 0.05) is 29.8 Å². The number of nitrogens with one attached hydrogen (secondary N) is 1. The Bertz CT molecular complexity index is 817. The molecule has 2 N–H and O–H groups in total. The Morgan fingerprint density at radius 2 is 2.27 bits per heavy atom. The van der Waals surface area contributed by atoms with Crippen LogP contribution in [-0.4, -0.2) is 56.6 Å². The average molecular weight is 356 g/mol. The van der Waals surface area contributed by atoms with Crippen LogP contribution < -0.4 is 5.32 Å². The number of pyridine rings is 1. The molecule has 0 bridgehead atoms. The van der Waals surface area contributed by atoms with Crippen LogP contribution in [0.3, 0.4) is 0 Å². The molecular formula is C20H28N4O2. The lowest BCUT2D eigenvalue weighted by Crippen LogP contribution is -2.65. The van der Waals surface area contributed by atoms with Crippen LogP contribution in [-0.2, 0) is 0 Å². The maximum Gasteiger partial charge on any atom is 0.251 e. The van der Waals surface area contributed by atoms with Crippen LogP contribution in [0.15, 0.2) is 30.9 Å². The zero-order chi connectivity index (χ0) is 18.5. The molecule has 4 atom stereocenters. The van der Waals surface area contributed by atoms with Crippen LogP contribution in [0.5, 0.6) is 0 Å². The molecule has 2 aromatic rings. The fourth-order valence-corrected chi connectivity index (χ4v) is 5.35. The lowest BCUT2D eigenvalue weighted by Gasteiger charge is -2.58. The first kappa shape index (κ1) is 17.5. The Kier molecular flexibility index (Phi) is 4.28. The van der Waals surface area contributed by atoms with E-state index in [0.29, 0.717) is 17.5 Å². The van der Waals surface area contributed by atoms with Crippen molar-refractivity contribution in [3.63, 3.8) is 0 Å². The predicted octanol–water partition coefficient (Wildman–Crippen LogP) is 1.93. The van der Waals surface area contributed by atoms with Crippen molar-refractivity contribution in [2.45, 2.75) is 51.8 Å². The number of aliphatic hydroxyl groups is 1. The number of hydrogen-bond acceptors (Lipinski definition) is 4. The van der Waals surface area contributed by atoms with E-state index in [2.05, 4.69) is 36.0 Å². The number of fused-ring (bicyclic) bond motifs is 1. The summed E-state index contributed by atoms with van der Waals surface area (Å²) >= 11 is 0. The molecule has 1 aliphatic carbocycles. The third-order valence-electron chi connectivity index (χ3n) is 6.28. The molecule has 6 nitrogen and oxygen atoms in total. The summed E-state index contributed by atoms with van der Waals surface area (Å²) in [5, 5.41) is 13.7. The predicted molar refractivity (Wildman–Crippen MR) is 100.0 cm³/mol. The lowest BCUT2D eigenvalue weighted by atomic mass is 9.65. The zero-order valence-corrected chi connectivity index (χ0v) is 15.7. The van der Waals surface area contributed by atoms with E-state index in [1.165, 1.54) is 0 Å². The van der Waals surface area contributed by atoms with Crippen molar-refractivity contribution < 1.29 is 9.90 Å². The lowest BCUT2D eigenvalue weighted by molar-refractivity contribution is -0.0963. The highest BCUT2D eigenvalue weighted by Gasteiger charge is 2.58. The van der Waals surface area contributed by atoms with E-state index < -0.39 is 6.10 Å². The number of imidazole rings is 1. The van der Waals surface area contributed by atoms with Gasteiger partial charge in [-0.05, 0) is 37.4 Å². The van der Waals surface area contributed by atoms with Gasteiger partial charge >= 0.3 is 0 Å². The molecule has 1 spiro atoms. The molecule has 0 radical (unpaired) electrons. The quantitative estimate of drug-likeness (QED) is 0.878. The second-order valence-corrected chi connectivity index (χ2v) is 8.31. The summed E-state index contributed by atoms with van der Waals surface area (Å²) in [6, 6.07) is 3.94. The minimum absolute atomic E-state index is 0.123. The van der Waals surface area contributed by atoms with Crippen LogP contribution in [0.2, 0.25) is 0 Å². The van der Waals surface area contributed by atoms with E-state index in [1.54, 1.807) is 18.6 Å². The third kappa shape index (κ3) is 2.72. The number of likely N-dealkylation sites (tertiary alicyclic amines) is 1. The van der Waals surface area contributed by atoms with E-state index in [4.69, 9.17) is 0 Å². The molecule has 1 saturated heterocycles. The largest absolute Gasteiger partial charge is 0.391 e. The molecule has 3 heterocycles. The smallest absolute Gasteiger partial charge is 0.251 e. The summed E-state index contributed by atoms with van der Waals surface area (Å²) in [6.45, 7) is 8.78. The van der Waals surface area contributed by atoms with E-state index in [0.717, 1.165) is 31.4 Å². The highest BCUT2D eigenvalue weighted by molar-refractivity contribution is 5.95. The van der Waals surface area contributed by atoms with Crippen LogP contribution in [0.4, 0.5) is 0 Å². The summed E-state index contributed by atoms with van der Waals surface area (Å²) in [7, 11) is 0. The number of aromatic nitrogens is 2. The highest BCUT2D eigenvalue weighted by Crippen LogP contribution is 2.52. The maximum atomic E-state index is 12.7. The molecule has 26 heavy (non-hydrogen) atoms. The number of rotatable bonds is 4. The fourth-order valence-electron chi connectivity index (χ4n) is 5.35. The minimum atomic E-state index is -0.474. The Balaban J connectivity index is 1.47. The van der Waals surface area contributed by atoms with Gasteiger partial charge in [0.05, 0.1) is 30.2 Å². The molecule has 140 valence electrons. The van der Waals surface area contributed by atoms with Crippen molar-refractivity contribution in [2.75, 3.05) is 13.1 Å². The van der Waals surface area contributed by atoms with Crippen LogP contribution in [0.25, 0.3) is 5.52 Å². The number of aliphatic hydroxyl groups excluding tert-OH is 1. The summed E-state index contributed by atoms with van der Waals surface area (Å²) in [4.78, 5) is 19.3. The van der Waals surface area contributed by atoms with Crippen molar-refractivity contribution in [1.29, 1.82) is 0 Å². The molecule has 1 saturated carbocycles. The van der Waals surface area contributed by atoms with Gasteiger partial charge in [0.1, 0.15) is 0 Å². The molecule has 4 rings (SSSR count). The van der Waals surface area contributed by atoms with Crippen molar-refractivity contribution in [3.8, 4) is 0 Å². The first-order valence-corrected chi connectivity index (χ1v) is 9.58. The zero-order valence-electron chi connectivity index (χ0n) is 15.7. The number of carbonyl (C=O) groups excluding carboxylic acids is 1. The molecular weight excluding hydrogens is 328 g/mol. The number of amides is 1. The van der Waals surface area contributed by atoms with E-state index in [1.807, 2.05) is 16.7 Å². The van der Waals surface area contributed by atoms with Gasteiger partial charge in [0.2, 0.25) is 0 Å². The fraction of sp³-hybridized carbons (Fsp3) is 0.600. The Hall–Kier alpha value is -1.92. The van der Waals surface area contributed by atoms with Gasteiger partial charge in [0.25, 0.3) is 5.91 Å². The second kappa shape index (κ2) is 6.35. The topological polar surface area (TPSA) is 69.9 Å². The molecule has 2 fully saturated rings. The van der Waals surface area contributed by atoms with E-state index in [-0.39, 0.29) is 17.4 Å². The Labute approximate surface area is 154 Å². The van der Waals surface area contributed by atoms with Crippen molar-refractivity contribution >= 4 is 11.4 Å². The van der Waals surface area contributed by atoms with E-state index >= 15 is 0 Å².